The zero-order chi connectivity index (χ0) is 23.2. The Labute approximate surface area is 192 Å². The number of carbonyl (C=O) groups excluding carboxylic acids is 1. The lowest BCUT2D eigenvalue weighted by Gasteiger charge is -2.10. The molecule has 0 aliphatic carbocycles. The molecule has 0 aliphatic rings. The Bertz CT molecular complexity index is 1230. The number of rotatable bonds is 8. The Morgan fingerprint density at radius 2 is 1.85 bits per heavy atom. The van der Waals surface area contributed by atoms with Crippen molar-refractivity contribution in [1.29, 1.82) is 0 Å². The zero-order valence-electron chi connectivity index (χ0n) is 18.7. The minimum Gasteiger partial charge on any atom is -0.489 e. The average Bonchev–Trinajstić information content (AvgIpc) is 3.26. The molecule has 4 aromatic rings. The van der Waals surface area contributed by atoms with Gasteiger partial charge >= 0.3 is 0 Å². The molecule has 4 rings (SSSR count). The van der Waals surface area contributed by atoms with Gasteiger partial charge in [-0.15, -0.1) is 0 Å². The van der Waals surface area contributed by atoms with Gasteiger partial charge in [0.05, 0.1) is 18.4 Å². The van der Waals surface area contributed by atoms with Crippen molar-refractivity contribution in [3.63, 3.8) is 0 Å². The minimum atomic E-state index is -0.284. The van der Waals surface area contributed by atoms with Gasteiger partial charge in [0.1, 0.15) is 18.2 Å². The van der Waals surface area contributed by atoms with Crippen LogP contribution < -0.4 is 10.1 Å². The van der Waals surface area contributed by atoms with E-state index < -0.39 is 0 Å². The smallest absolute Gasteiger partial charge is 0.255 e. The normalized spacial score (nSPS) is 10.9. The first-order valence-corrected chi connectivity index (χ1v) is 10.9. The van der Waals surface area contributed by atoms with Crippen LogP contribution in [0, 0.1) is 5.82 Å². The molecule has 0 atom stereocenters. The van der Waals surface area contributed by atoms with Gasteiger partial charge in [-0.2, -0.15) is 5.10 Å². The fourth-order valence-electron chi connectivity index (χ4n) is 3.44. The van der Waals surface area contributed by atoms with Gasteiger partial charge in [-0.05, 0) is 47.4 Å². The second-order valence-corrected chi connectivity index (χ2v) is 8.18. The van der Waals surface area contributed by atoms with Crippen LogP contribution in [0.1, 0.15) is 46.8 Å². The van der Waals surface area contributed by atoms with Crippen LogP contribution in [0.4, 0.5) is 10.1 Å². The van der Waals surface area contributed by atoms with E-state index in [0.29, 0.717) is 29.3 Å². The van der Waals surface area contributed by atoms with Crippen molar-refractivity contribution in [2.45, 2.75) is 32.9 Å². The van der Waals surface area contributed by atoms with E-state index in [1.54, 1.807) is 41.3 Å². The summed E-state index contributed by atoms with van der Waals surface area (Å²) in [5.41, 5.74) is 3.76. The second kappa shape index (κ2) is 10.1. The van der Waals surface area contributed by atoms with E-state index in [9.17, 15) is 9.18 Å². The summed E-state index contributed by atoms with van der Waals surface area (Å²) in [6.45, 7) is 4.96. The lowest BCUT2D eigenvalue weighted by Crippen LogP contribution is -2.12. The van der Waals surface area contributed by atoms with Gasteiger partial charge in [-0.25, -0.2) is 4.39 Å². The number of carbonyl (C=O) groups is 1. The molecule has 1 heterocycles. The maximum absolute atomic E-state index is 13.9. The van der Waals surface area contributed by atoms with Gasteiger partial charge in [0, 0.05) is 17.3 Å². The first-order valence-electron chi connectivity index (χ1n) is 10.9. The van der Waals surface area contributed by atoms with E-state index in [4.69, 9.17) is 4.74 Å². The molecule has 1 N–H and O–H groups in total. The van der Waals surface area contributed by atoms with Crippen molar-refractivity contribution in [3.8, 4) is 5.75 Å². The third kappa shape index (κ3) is 5.86. The van der Waals surface area contributed by atoms with E-state index in [-0.39, 0.29) is 18.3 Å². The monoisotopic (exact) mass is 443 g/mol. The molecule has 0 radical (unpaired) electrons. The third-order valence-corrected chi connectivity index (χ3v) is 5.32. The highest BCUT2D eigenvalue weighted by molar-refractivity contribution is 6.04. The Hall–Kier alpha value is -3.93. The number of benzene rings is 3. The van der Waals surface area contributed by atoms with Gasteiger partial charge in [0.2, 0.25) is 0 Å². The molecule has 168 valence electrons. The van der Waals surface area contributed by atoms with Crippen LogP contribution in [0.2, 0.25) is 0 Å². The fraction of sp³-hybridized carbons (Fsp3) is 0.185. The van der Waals surface area contributed by atoms with E-state index in [0.717, 1.165) is 11.3 Å². The van der Waals surface area contributed by atoms with Gasteiger partial charge in [0.15, 0.2) is 0 Å². The maximum Gasteiger partial charge on any atom is 0.255 e. The predicted octanol–water partition coefficient (Wildman–Crippen LogP) is 6.03. The first kappa shape index (κ1) is 22.3. The standard InChI is InChI=1S/C27H26FN3O2/c1-19(2)21-10-12-25(13-11-21)33-18-20-6-5-8-22(14-20)27(32)30-24-15-29-31(17-24)16-23-7-3-4-9-26(23)28/h3-15,17,19H,16,18H2,1-2H3,(H,30,32). The summed E-state index contributed by atoms with van der Waals surface area (Å²) in [4.78, 5) is 12.7. The van der Waals surface area contributed by atoms with E-state index in [1.807, 2.05) is 30.3 Å². The molecular formula is C27H26FN3O2. The van der Waals surface area contributed by atoms with Crippen molar-refractivity contribution < 1.29 is 13.9 Å². The first-order chi connectivity index (χ1) is 16.0. The molecule has 1 amide bonds. The van der Waals surface area contributed by atoms with Crippen LogP contribution in [-0.4, -0.2) is 15.7 Å². The Balaban J connectivity index is 1.36. The highest BCUT2D eigenvalue weighted by Crippen LogP contribution is 2.20. The number of anilines is 1. The Morgan fingerprint density at radius 1 is 1.06 bits per heavy atom. The van der Waals surface area contributed by atoms with Crippen molar-refractivity contribution in [2.24, 2.45) is 0 Å². The molecule has 0 spiro atoms. The number of nitrogens with zero attached hydrogens (tertiary/aromatic N) is 2. The lowest BCUT2D eigenvalue weighted by atomic mass is 10.0. The SMILES string of the molecule is CC(C)c1ccc(OCc2cccc(C(=O)Nc3cnn(Cc4ccccc4F)c3)c2)cc1. The molecule has 5 nitrogen and oxygen atoms in total. The minimum absolute atomic E-state index is 0.247. The molecular weight excluding hydrogens is 417 g/mol. The molecule has 0 bridgehead atoms. The Morgan fingerprint density at radius 3 is 2.61 bits per heavy atom. The predicted molar refractivity (Wildman–Crippen MR) is 127 cm³/mol. The molecule has 1 aromatic heterocycles. The van der Waals surface area contributed by atoms with Crippen molar-refractivity contribution in [3.05, 3.63) is 113 Å². The number of halogens is 1. The zero-order valence-corrected chi connectivity index (χ0v) is 18.7. The molecule has 0 fully saturated rings. The van der Waals surface area contributed by atoms with Crippen molar-refractivity contribution >= 4 is 11.6 Å². The summed E-state index contributed by atoms with van der Waals surface area (Å²) < 4.78 is 21.3. The highest BCUT2D eigenvalue weighted by Gasteiger charge is 2.10. The van der Waals surface area contributed by atoms with Gasteiger partial charge in [-0.1, -0.05) is 56.3 Å². The van der Waals surface area contributed by atoms with Crippen LogP contribution in [0.25, 0.3) is 0 Å². The van der Waals surface area contributed by atoms with E-state index >= 15 is 0 Å². The summed E-state index contributed by atoms with van der Waals surface area (Å²) >= 11 is 0. The summed E-state index contributed by atoms with van der Waals surface area (Å²) in [5.74, 6) is 0.731. The second-order valence-electron chi connectivity index (χ2n) is 8.18. The molecule has 0 saturated carbocycles. The van der Waals surface area contributed by atoms with Crippen molar-refractivity contribution in [2.75, 3.05) is 5.32 Å². The Kier molecular flexibility index (Phi) is 6.83. The van der Waals surface area contributed by atoms with E-state index in [1.165, 1.54) is 11.6 Å². The number of hydrogen-bond acceptors (Lipinski definition) is 3. The molecule has 0 unspecified atom stereocenters. The molecule has 0 aliphatic heterocycles. The van der Waals surface area contributed by atoms with Crippen LogP contribution in [0.5, 0.6) is 5.75 Å². The number of ether oxygens (including phenoxy) is 1. The number of aromatic nitrogens is 2. The molecule has 6 heteroatoms. The summed E-state index contributed by atoms with van der Waals surface area (Å²) in [6.07, 6.45) is 3.23. The van der Waals surface area contributed by atoms with Crippen LogP contribution in [0.15, 0.2) is 85.2 Å². The van der Waals surface area contributed by atoms with Crippen LogP contribution >= 0.6 is 0 Å². The molecule has 3 aromatic carbocycles. The summed E-state index contributed by atoms with van der Waals surface area (Å²) in [5, 5.41) is 7.05. The van der Waals surface area contributed by atoms with Gasteiger partial charge in [0.25, 0.3) is 5.91 Å². The quantitative estimate of drug-likeness (QED) is 0.362. The largest absolute Gasteiger partial charge is 0.489 e. The summed E-state index contributed by atoms with van der Waals surface area (Å²) in [6, 6.07) is 21.9. The molecule has 33 heavy (non-hydrogen) atoms. The highest BCUT2D eigenvalue weighted by atomic mass is 19.1. The lowest BCUT2D eigenvalue weighted by molar-refractivity contribution is 0.102. The van der Waals surface area contributed by atoms with Crippen LogP contribution in [-0.2, 0) is 13.2 Å². The van der Waals surface area contributed by atoms with Crippen molar-refractivity contribution in [1.82, 2.24) is 9.78 Å². The molecule has 0 saturated heterocycles. The van der Waals surface area contributed by atoms with Crippen LogP contribution in [0.3, 0.4) is 0 Å². The van der Waals surface area contributed by atoms with Gasteiger partial charge < -0.3 is 10.1 Å². The van der Waals surface area contributed by atoms with Gasteiger partial charge in [-0.3, -0.25) is 9.48 Å². The maximum atomic E-state index is 13.9. The number of nitrogens with one attached hydrogen (secondary N) is 1. The fourth-order valence-corrected chi connectivity index (χ4v) is 3.44. The third-order valence-electron chi connectivity index (χ3n) is 5.32. The topological polar surface area (TPSA) is 56.1 Å². The number of amides is 1. The average molecular weight is 444 g/mol. The van der Waals surface area contributed by atoms with E-state index in [2.05, 4.69) is 36.4 Å². The number of hydrogen-bond donors (Lipinski definition) is 1. The summed E-state index contributed by atoms with van der Waals surface area (Å²) in [7, 11) is 0.